The van der Waals surface area contributed by atoms with Gasteiger partial charge in [-0.05, 0) is 12.1 Å². The van der Waals surface area contributed by atoms with Crippen LogP contribution in [-0.2, 0) is 5.75 Å². The number of aliphatic hydroxyl groups excluding tert-OH is 1. The largest absolute Gasteiger partial charge is 0.495 e. The van der Waals surface area contributed by atoms with E-state index in [0.717, 1.165) is 17.2 Å². The third-order valence-electron chi connectivity index (χ3n) is 2.56. The highest BCUT2D eigenvalue weighted by atomic mass is 32.2. The minimum Gasteiger partial charge on any atom is -0.495 e. The molecule has 0 radical (unpaired) electrons. The van der Waals surface area contributed by atoms with Crippen LogP contribution in [0.4, 0.5) is 0 Å². The van der Waals surface area contributed by atoms with Crippen LogP contribution in [0.15, 0.2) is 23.3 Å². The molecule has 1 aromatic heterocycles. The van der Waals surface area contributed by atoms with Crippen molar-refractivity contribution >= 4 is 17.6 Å². The first-order valence-electron chi connectivity index (χ1n) is 6.72. The van der Waals surface area contributed by atoms with Crippen molar-refractivity contribution in [1.82, 2.24) is 10.3 Å². The van der Waals surface area contributed by atoms with E-state index in [1.54, 1.807) is 25.1 Å². The third kappa shape index (κ3) is 7.23. The van der Waals surface area contributed by atoms with E-state index in [1.807, 2.05) is 12.1 Å². The van der Waals surface area contributed by atoms with Gasteiger partial charge in [0.15, 0.2) is 5.84 Å². The molecule has 9 heteroatoms. The van der Waals surface area contributed by atoms with Crippen LogP contribution in [0.5, 0.6) is 5.75 Å². The van der Waals surface area contributed by atoms with E-state index < -0.39 is 4.92 Å². The molecule has 0 aromatic carbocycles. The van der Waals surface area contributed by atoms with Crippen LogP contribution >= 0.6 is 11.8 Å². The molecule has 2 N–H and O–H groups in total. The third-order valence-corrected chi connectivity index (χ3v) is 3.53. The highest BCUT2D eigenvalue weighted by molar-refractivity contribution is 7.98. The molecule has 1 aromatic rings. The van der Waals surface area contributed by atoms with Gasteiger partial charge in [0.2, 0.25) is 0 Å². The molecular formula is C13H20N4O4S. The maximum absolute atomic E-state index is 10.5. The first-order valence-corrected chi connectivity index (χ1v) is 7.88. The van der Waals surface area contributed by atoms with Gasteiger partial charge in [0, 0.05) is 29.2 Å². The highest BCUT2D eigenvalue weighted by Crippen LogP contribution is 2.19. The Morgan fingerprint density at radius 1 is 1.64 bits per heavy atom. The summed E-state index contributed by atoms with van der Waals surface area (Å²) in [5.74, 6) is 2.48. The first-order chi connectivity index (χ1) is 10.7. The van der Waals surface area contributed by atoms with Crippen LogP contribution in [0, 0.1) is 10.1 Å². The number of aromatic nitrogens is 1. The smallest absolute Gasteiger partial charge is 0.259 e. The van der Waals surface area contributed by atoms with Crippen LogP contribution < -0.4 is 10.1 Å². The van der Waals surface area contributed by atoms with E-state index in [0.29, 0.717) is 12.3 Å². The number of pyridine rings is 1. The minimum absolute atomic E-state index is 0.128. The van der Waals surface area contributed by atoms with Crippen molar-refractivity contribution in [3.05, 3.63) is 34.1 Å². The average molecular weight is 328 g/mol. The molecule has 0 unspecified atom stereocenters. The standard InChI is InChI=1S/C13H20N4O4S/c1-21-12-3-2-4-14-11(12)10-22-8-6-16-13(9-17(19)20)15-5-7-18/h2-4,18H,5-10H2,1H3,(H,15,16). The Hall–Kier alpha value is -1.87. The fraction of sp³-hybridized carbons (Fsp3) is 0.538. The summed E-state index contributed by atoms with van der Waals surface area (Å²) in [6.07, 6.45) is 1.72. The lowest BCUT2D eigenvalue weighted by Crippen LogP contribution is -2.32. The summed E-state index contributed by atoms with van der Waals surface area (Å²) in [5, 5.41) is 22.1. The summed E-state index contributed by atoms with van der Waals surface area (Å²) in [5.41, 5.74) is 0.870. The summed E-state index contributed by atoms with van der Waals surface area (Å²) in [6, 6.07) is 3.67. The lowest BCUT2D eigenvalue weighted by Gasteiger charge is -2.08. The number of ether oxygens (including phenoxy) is 1. The van der Waals surface area contributed by atoms with Gasteiger partial charge in [-0.1, -0.05) is 0 Å². The predicted octanol–water partition coefficient (Wildman–Crippen LogP) is 0.580. The number of amidine groups is 1. The maximum Gasteiger partial charge on any atom is 0.259 e. The van der Waals surface area contributed by atoms with Crippen molar-refractivity contribution in [3.8, 4) is 5.75 Å². The Morgan fingerprint density at radius 2 is 2.45 bits per heavy atom. The van der Waals surface area contributed by atoms with E-state index in [1.165, 1.54) is 0 Å². The quantitative estimate of drug-likeness (QED) is 0.212. The molecule has 0 aliphatic carbocycles. The molecule has 0 aliphatic heterocycles. The minimum atomic E-state index is -0.449. The van der Waals surface area contributed by atoms with Crippen molar-refractivity contribution in [2.24, 2.45) is 4.99 Å². The van der Waals surface area contributed by atoms with Crippen molar-refractivity contribution in [2.75, 3.05) is 39.1 Å². The molecule has 1 rings (SSSR count). The Balaban J connectivity index is 2.32. The molecule has 8 nitrogen and oxygen atoms in total. The van der Waals surface area contributed by atoms with E-state index in [2.05, 4.69) is 15.3 Å². The van der Waals surface area contributed by atoms with Gasteiger partial charge in [0.1, 0.15) is 5.75 Å². The number of hydrogen-bond donors (Lipinski definition) is 2. The summed E-state index contributed by atoms with van der Waals surface area (Å²) in [4.78, 5) is 18.3. The van der Waals surface area contributed by atoms with Gasteiger partial charge in [-0.2, -0.15) is 11.8 Å². The van der Waals surface area contributed by atoms with Gasteiger partial charge in [-0.25, -0.2) is 0 Å². The number of nitro groups is 1. The zero-order chi connectivity index (χ0) is 16.2. The molecule has 0 spiro atoms. The average Bonchev–Trinajstić information content (AvgIpc) is 2.51. The lowest BCUT2D eigenvalue weighted by atomic mass is 10.3. The fourth-order valence-electron chi connectivity index (χ4n) is 1.62. The molecule has 122 valence electrons. The fourth-order valence-corrected chi connectivity index (χ4v) is 2.42. The zero-order valence-corrected chi connectivity index (χ0v) is 13.2. The van der Waals surface area contributed by atoms with Crippen molar-refractivity contribution in [3.63, 3.8) is 0 Å². The number of thioether (sulfide) groups is 1. The number of nitrogens with one attached hydrogen (secondary N) is 1. The predicted molar refractivity (Wildman–Crippen MR) is 86.2 cm³/mol. The van der Waals surface area contributed by atoms with Crippen molar-refractivity contribution < 1.29 is 14.8 Å². The van der Waals surface area contributed by atoms with Gasteiger partial charge in [0.25, 0.3) is 6.54 Å². The molecule has 0 bridgehead atoms. The molecule has 1 heterocycles. The molecule has 0 aliphatic rings. The van der Waals surface area contributed by atoms with Gasteiger partial charge in [-0.15, -0.1) is 0 Å². The second kappa shape index (κ2) is 10.8. The molecule has 0 fully saturated rings. The Labute approximate surface area is 133 Å². The highest BCUT2D eigenvalue weighted by Gasteiger charge is 2.07. The Bertz CT molecular complexity index is 499. The van der Waals surface area contributed by atoms with Crippen LogP contribution in [-0.4, -0.2) is 60.0 Å². The SMILES string of the molecule is COc1cccnc1CSCCNC(C[N+](=O)[O-])=NCCO. The van der Waals surface area contributed by atoms with E-state index in [9.17, 15) is 10.1 Å². The van der Waals surface area contributed by atoms with Gasteiger partial charge >= 0.3 is 0 Å². The van der Waals surface area contributed by atoms with E-state index in [4.69, 9.17) is 9.84 Å². The summed E-state index contributed by atoms with van der Waals surface area (Å²) in [6.45, 7) is 0.224. The van der Waals surface area contributed by atoms with Crippen molar-refractivity contribution in [1.29, 1.82) is 0 Å². The van der Waals surface area contributed by atoms with E-state index in [-0.39, 0.29) is 25.5 Å². The number of hydrogen-bond acceptors (Lipinski definition) is 7. The number of nitrogens with zero attached hydrogens (tertiary/aromatic N) is 3. The zero-order valence-electron chi connectivity index (χ0n) is 12.4. The number of methoxy groups -OCH3 is 1. The summed E-state index contributed by atoms with van der Waals surface area (Å²) < 4.78 is 5.22. The van der Waals surface area contributed by atoms with Crippen LogP contribution in [0.2, 0.25) is 0 Å². The molecule has 22 heavy (non-hydrogen) atoms. The monoisotopic (exact) mass is 328 g/mol. The number of rotatable bonds is 10. The molecule has 0 saturated heterocycles. The molecular weight excluding hydrogens is 308 g/mol. The van der Waals surface area contributed by atoms with Crippen LogP contribution in [0.3, 0.4) is 0 Å². The number of aliphatic hydroxyl groups is 1. The normalized spacial score (nSPS) is 11.3. The molecule has 0 amide bonds. The summed E-state index contributed by atoms with van der Waals surface area (Å²) in [7, 11) is 1.61. The first kappa shape index (κ1) is 18.2. The summed E-state index contributed by atoms with van der Waals surface area (Å²) >= 11 is 1.64. The van der Waals surface area contributed by atoms with E-state index >= 15 is 0 Å². The van der Waals surface area contributed by atoms with Gasteiger partial charge in [-0.3, -0.25) is 20.1 Å². The second-order valence-electron chi connectivity index (χ2n) is 4.17. The maximum atomic E-state index is 10.5. The Morgan fingerprint density at radius 3 is 3.14 bits per heavy atom. The van der Waals surface area contributed by atoms with Crippen molar-refractivity contribution in [2.45, 2.75) is 5.75 Å². The molecule has 0 atom stereocenters. The van der Waals surface area contributed by atoms with Gasteiger partial charge < -0.3 is 15.2 Å². The Kier molecular flexibility index (Phi) is 8.92. The van der Waals surface area contributed by atoms with Crippen LogP contribution in [0.25, 0.3) is 0 Å². The van der Waals surface area contributed by atoms with Crippen LogP contribution in [0.1, 0.15) is 5.69 Å². The molecule has 0 saturated carbocycles. The topological polar surface area (TPSA) is 110 Å². The van der Waals surface area contributed by atoms with Gasteiger partial charge in [0.05, 0.1) is 26.0 Å². The second-order valence-corrected chi connectivity index (χ2v) is 5.28. The lowest BCUT2D eigenvalue weighted by molar-refractivity contribution is -0.463. The number of aliphatic imine (C=N–C) groups is 1.